The number of sulfonamides is 1. The first kappa shape index (κ1) is 8.37. The van der Waals surface area contributed by atoms with E-state index in [1.54, 1.807) is 12.1 Å². The molecule has 1 aliphatic heterocycles. The lowest BCUT2D eigenvalue weighted by Crippen LogP contribution is -2.24. The van der Waals surface area contributed by atoms with E-state index in [9.17, 15) is 8.42 Å². The Bertz CT molecular complexity index is 439. The SMILES string of the molecule is Nc1ccc2c(c1)NS(=O)(=O)CC2. The van der Waals surface area contributed by atoms with E-state index in [0.29, 0.717) is 17.8 Å². The highest BCUT2D eigenvalue weighted by atomic mass is 32.2. The smallest absolute Gasteiger partial charge is 0.233 e. The molecule has 0 aliphatic carbocycles. The second-order valence-corrected chi connectivity index (χ2v) is 4.93. The molecule has 1 aromatic carbocycles. The zero-order chi connectivity index (χ0) is 9.47. The summed E-state index contributed by atoms with van der Waals surface area (Å²) in [6.45, 7) is 0. The fraction of sp³-hybridized carbons (Fsp3) is 0.250. The summed E-state index contributed by atoms with van der Waals surface area (Å²) in [5, 5.41) is 0. The zero-order valence-corrected chi connectivity index (χ0v) is 7.76. The maximum Gasteiger partial charge on any atom is 0.233 e. The monoisotopic (exact) mass is 198 g/mol. The quantitative estimate of drug-likeness (QED) is 0.598. The Labute approximate surface area is 76.8 Å². The summed E-state index contributed by atoms with van der Waals surface area (Å²) < 4.78 is 24.8. The highest BCUT2D eigenvalue weighted by Crippen LogP contribution is 2.24. The van der Waals surface area contributed by atoms with E-state index in [1.165, 1.54) is 0 Å². The molecule has 0 atom stereocenters. The Kier molecular flexibility index (Phi) is 1.69. The van der Waals surface area contributed by atoms with Crippen molar-refractivity contribution in [2.75, 3.05) is 16.2 Å². The molecule has 0 aromatic heterocycles. The number of nitrogens with two attached hydrogens (primary N) is 1. The number of rotatable bonds is 0. The van der Waals surface area contributed by atoms with Gasteiger partial charge >= 0.3 is 0 Å². The Balaban J connectivity index is 2.50. The zero-order valence-electron chi connectivity index (χ0n) is 6.95. The Morgan fingerprint density at radius 1 is 1.38 bits per heavy atom. The van der Waals surface area contributed by atoms with E-state index in [1.807, 2.05) is 6.07 Å². The predicted octanol–water partition coefficient (Wildman–Crippen LogP) is 0.567. The van der Waals surface area contributed by atoms with Gasteiger partial charge in [-0.2, -0.15) is 0 Å². The summed E-state index contributed by atoms with van der Waals surface area (Å²) >= 11 is 0. The first-order valence-corrected chi connectivity index (χ1v) is 5.61. The third-order valence-corrected chi connectivity index (χ3v) is 3.31. The number of fused-ring (bicyclic) bond motifs is 1. The summed E-state index contributed by atoms with van der Waals surface area (Å²) in [5.74, 6) is 0.157. The lowest BCUT2D eigenvalue weighted by atomic mass is 10.1. The molecule has 4 nitrogen and oxygen atoms in total. The molecule has 0 fully saturated rings. The van der Waals surface area contributed by atoms with E-state index < -0.39 is 10.0 Å². The van der Waals surface area contributed by atoms with Crippen LogP contribution < -0.4 is 10.5 Å². The standard InChI is InChI=1S/C8H10N2O2S/c9-7-2-1-6-3-4-13(11,12)10-8(6)5-7/h1-2,5,10H,3-4,9H2. The number of nitrogens with one attached hydrogen (secondary N) is 1. The van der Waals surface area contributed by atoms with Crippen molar-refractivity contribution >= 4 is 21.4 Å². The van der Waals surface area contributed by atoms with E-state index >= 15 is 0 Å². The molecule has 0 saturated carbocycles. The summed E-state index contributed by atoms with van der Waals surface area (Å²) in [6.07, 6.45) is 0.560. The van der Waals surface area contributed by atoms with E-state index in [2.05, 4.69) is 4.72 Å². The fourth-order valence-electron chi connectivity index (χ4n) is 1.37. The predicted molar refractivity (Wildman–Crippen MR) is 52.0 cm³/mol. The molecule has 2 rings (SSSR count). The minimum absolute atomic E-state index is 0.157. The van der Waals surface area contributed by atoms with Gasteiger partial charge in [0.15, 0.2) is 0 Å². The van der Waals surface area contributed by atoms with Crippen LogP contribution >= 0.6 is 0 Å². The van der Waals surface area contributed by atoms with Gasteiger partial charge in [-0.25, -0.2) is 8.42 Å². The lowest BCUT2D eigenvalue weighted by molar-refractivity contribution is 0.599. The minimum Gasteiger partial charge on any atom is -0.399 e. The van der Waals surface area contributed by atoms with Crippen molar-refractivity contribution in [2.24, 2.45) is 0 Å². The molecule has 0 unspecified atom stereocenters. The van der Waals surface area contributed by atoms with Crippen molar-refractivity contribution < 1.29 is 8.42 Å². The number of benzene rings is 1. The fourth-order valence-corrected chi connectivity index (χ4v) is 2.49. The third kappa shape index (κ3) is 1.60. The van der Waals surface area contributed by atoms with Gasteiger partial charge in [0, 0.05) is 5.69 Å². The molecular formula is C8H10N2O2S. The Morgan fingerprint density at radius 3 is 2.92 bits per heavy atom. The van der Waals surface area contributed by atoms with Crippen molar-refractivity contribution in [3.63, 3.8) is 0 Å². The average Bonchev–Trinajstić information content (AvgIpc) is 2.01. The molecule has 0 radical (unpaired) electrons. The van der Waals surface area contributed by atoms with Crippen molar-refractivity contribution in [3.05, 3.63) is 23.8 Å². The van der Waals surface area contributed by atoms with Crippen molar-refractivity contribution in [3.8, 4) is 0 Å². The number of anilines is 2. The van der Waals surface area contributed by atoms with Crippen molar-refractivity contribution in [2.45, 2.75) is 6.42 Å². The van der Waals surface area contributed by atoms with Crippen LogP contribution in [0.25, 0.3) is 0 Å². The molecule has 1 aliphatic rings. The van der Waals surface area contributed by atoms with Gasteiger partial charge in [-0.3, -0.25) is 4.72 Å². The summed E-state index contributed by atoms with van der Waals surface area (Å²) in [7, 11) is -3.12. The van der Waals surface area contributed by atoms with Gasteiger partial charge in [-0.05, 0) is 24.1 Å². The van der Waals surface area contributed by atoms with Gasteiger partial charge in [0.25, 0.3) is 0 Å². The van der Waals surface area contributed by atoms with Gasteiger partial charge in [0.2, 0.25) is 10.0 Å². The van der Waals surface area contributed by atoms with E-state index in [0.717, 1.165) is 5.56 Å². The highest BCUT2D eigenvalue weighted by Gasteiger charge is 2.19. The maximum atomic E-state index is 11.2. The second-order valence-electron chi connectivity index (χ2n) is 3.09. The largest absolute Gasteiger partial charge is 0.399 e. The van der Waals surface area contributed by atoms with Crippen LogP contribution in [0.1, 0.15) is 5.56 Å². The van der Waals surface area contributed by atoms with Crippen molar-refractivity contribution in [1.82, 2.24) is 0 Å². The molecule has 0 saturated heterocycles. The molecule has 0 bridgehead atoms. The van der Waals surface area contributed by atoms with Gasteiger partial charge in [0.05, 0.1) is 11.4 Å². The highest BCUT2D eigenvalue weighted by molar-refractivity contribution is 7.92. The van der Waals surface area contributed by atoms with Crippen molar-refractivity contribution in [1.29, 1.82) is 0 Å². The molecule has 3 N–H and O–H groups in total. The van der Waals surface area contributed by atoms with Gasteiger partial charge in [-0.15, -0.1) is 0 Å². The molecule has 70 valence electrons. The Morgan fingerprint density at radius 2 is 2.15 bits per heavy atom. The van der Waals surface area contributed by atoms with Gasteiger partial charge in [0.1, 0.15) is 0 Å². The summed E-state index contributed by atoms with van der Waals surface area (Å²) in [4.78, 5) is 0. The first-order valence-electron chi connectivity index (χ1n) is 3.96. The van der Waals surface area contributed by atoms with Crippen LogP contribution in [0.4, 0.5) is 11.4 Å². The van der Waals surface area contributed by atoms with Crippen LogP contribution in [-0.2, 0) is 16.4 Å². The van der Waals surface area contributed by atoms with Crippen LogP contribution in [0.3, 0.4) is 0 Å². The lowest BCUT2D eigenvalue weighted by Gasteiger charge is -2.18. The van der Waals surface area contributed by atoms with Crippen LogP contribution in [0, 0.1) is 0 Å². The molecule has 1 aromatic rings. The number of nitrogen functional groups attached to an aromatic ring is 1. The third-order valence-electron chi connectivity index (χ3n) is 2.04. The molecular weight excluding hydrogens is 188 g/mol. The molecule has 1 heterocycles. The topological polar surface area (TPSA) is 72.2 Å². The molecule has 5 heteroatoms. The van der Waals surface area contributed by atoms with E-state index in [4.69, 9.17) is 5.73 Å². The minimum atomic E-state index is -3.12. The van der Waals surface area contributed by atoms with Crippen LogP contribution in [0.15, 0.2) is 18.2 Å². The number of aryl methyl sites for hydroxylation is 1. The number of hydrogen-bond donors (Lipinski definition) is 2. The number of hydrogen-bond acceptors (Lipinski definition) is 3. The molecule has 0 spiro atoms. The average molecular weight is 198 g/mol. The van der Waals surface area contributed by atoms with Gasteiger partial charge in [-0.1, -0.05) is 6.07 Å². The van der Waals surface area contributed by atoms with E-state index in [-0.39, 0.29) is 5.75 Å². The van der Waals surface area contributed by atoms with Crippen LogP contribution in [0.5, 0.6) is 0 Å². The maximum absolute atomic E-state index is 11.2. The first-order chi connectivity index (χ1) is 6.07. The van der Waals surface area contributed by atoms with Crippen LogP contribution in [0.2, 0.25) is 0 Å². The molecule has 13 heavy (non-hydrogen) atoms. The molecule has 0 amide bonds. The summed E-state index contributed by atoms with van der Waals surface area (Å²) in [5.41, 5.74) is 7.73. The van der Waals surface area contributed by atoms with Crippen LogP contribution in [-0.4, -0.2) is 14.2 Å². The second kappa shape index (κ2) is 2.63. The normalized spacial score (nSPS) is 18.8. The van der Waals surface area contributed by atoms with Gasteiger partial charge < -0.3 is 5.73 Å². The Hall–Kier alpha value is -1.23. The summed E-state index contributed by atoms with van der Waals surface area (Å²) in [6, 6.07) is 5.27.